The van der Waals surface area contributed by atoms with Crippen LogP contribution in [0.1, 0.15) is 42.3 Å². The van der Waals surface area contributed by atoms with Crippen molar-refractivity contribution >= 4 is 5.91 Å². The fourth-order valence-corrected chi connectivity index (χ4v) is 3.00. The number of carbonyl (C=O) groups is 1. The van der Waals surface area contributed by atoms with Gasteiger partial charge in [-0.25, -0.2) is 0 Å². The molecule has 4 nitrogen and oxygen atoms in total. The summed E-state index contributed by atoms with van der Waals surface area (Å²) in [7, 11) is 0. The Hall–Kier alpha value is -2.10. The van der Waals surface area contributed by atoms with Crippen molar-refractivity contribution in [3.05, 3.63) is 52.8 Å². The van der Waals surface area contributed by atoms with Gasteiger partial charge in [-0.05, 0) is 44.2 Å². The highest BCUT2D eigenvalue weighted by Crippen LogP contribution is 2.45. The number of nitrogens with one attached hydrogen (secondary N) is 2. The van der Waals surface area contributed by atoms with E-state index in [1.165, 1.54) is 5.56 Å². The van der Waals surface area contributed by atoms with Crippen molar-refractivity contribution in [3.63, 3.8) is 0 Å². The first kappa shape index (κ1) is 14.8. The molecule has 1 aromatic heterocycles. The molecule has 1 fully saturated rings. The van der Waals surface area contributed by atoms with Gasteiger partial charge < -0.3 is 5.32 Å². The highest BCUT2D eigenvalue weighted by Gasteiger charge is 2.45. The zero-order valence-electron chi connectivity index (χ0n) is 13.4. The number of carbonyl (C=O) groups excluding carboxylic acids is 1. The Balaban J connectivity index is 1.67. The van der Waals surface area contributed by atoms with Crippen molar-refractivity contribution < 1.29 is 4.79 Å². The molecule has 0 bridgehead atoms. The molecule has 1 aliphatic carbocycles. The Bertz CT molecular complexity index is 651. The van der Waals surface area contributed by atoms with Crippen molar-refractivity contribution in [2.45, 2.75) is 45.6 Å². The third-order valence-electron chi connectivity index (χ3n) is 4.68. The Labute approximate surface area is 131 Å². The molecule has 1 heterocycles. The number of aryl methyl sites for hydroxylation is 2. The smallest absolute Gasteiger partial charge is 0.223 e. The number of amides is 1. The van der Waals surface area contributed by atoms with E-state index < -0.39 is 0 Å². The first-order valence-corrected chi connectivity index (χ1v) is 7.90. The highest BCUT2D eigenvalue weighted by molar-refractivity contribution is 5.80. The molecule has 116 valence electrons. The van der Waals surface area contributed by atoms with Crippen LogP contribution in [-0.2, 0) is 16.8 Å². The summed E-state index contributed by atoms with van der Waals surface area (Å²) in [4.78, 5) is 12.6. The quantitative estimate of drug-likeness (QED) is 0.891. The van der Waals surface area contributed by atoms with E-state index in [1.54, 1.807) is 0 Å². The van der Waals surface area contributed by atoms with Gasteiger partial charge in [0.25, 0.3) is 0 Å². The van der Waals surface area contributed by atoms with Crippen molar-refractivity contribution in [1.82, 2.24) is 15.5 Å². The topological polar surface area (TPSA) is 57.8 Å². The van der Waals surface area contributed by atoms with Crippen molar-refractivity contribution in [3.8, 4) is 0 Å². The second kappa shape index (κ2) is 5.59. The number of benzene rings is 1. The molecule has 1 aliphatic rings. The maximum Gasteiger partial charge on any atom is 0.223 e. The third-order valence-corrected chi connectivity index (χ3v) is 4.68. The Morgan fingerprint density at radius 1 is 1.32 bits per heavy atom. The molecular formula is C18H23N3O. The summed E-state index contributed by atoms with van der Waals surface area (Å²) >= 11 is 0. The number of nitrogens with zero attached hydrogens (tertiary/aromatic N) is 1. The van der Waals surface area contributed by atoms with Gasteiger partial charge in [0.05, 0.1) is 11.2 Å². The summed E-state index contributed by atoms with van der Waals surface area (Å²) in [5.74, 6) is 0.0672. The number of aromatic nitrogens is 2. The molecule has 1 atom stereocenters. The molecule has 1 saturated carbocycles. The fraction of sp³-hybridized carbons (Fsp3) is 0.444. The molecule has 0 radical (unpaired) electrons. The summed E-state index contributed by atoms with van der Waals surface area (Å²) in [5.41, 5.74) is 4.29. The van der Waals surface area contributed by atoms with E-state index in [0.29, 0.717) is 0 Å². The van der Waals surface area contributed by atoms with E-state index in [4.69, 9.17) is 0 Å². The van der Waals surface area contributed by atoms with Crippen molar-refractivity contribution in [2.24, 2.45) is 5.92 Å². The molecule has 0 spiro atoms. The minimum atomic E-state index is -0.132. The van der Waals surface area contributed by atoms with Gasteiger partial charge in [0.1, 0.15) is 0 Å². The fourth-order valence-electron chi connectivity index (χ4n) is 3.00. The summed E-state index contributed by atoms with van der Waals surface area (Å²) in [6, 6.07) is 10.3. The largest absolute Gasteiger partial charge is 0.346 e. The van der Waals surface area contributed by atoms with Crippen LogP contribution in [0.5, 0.6) is 0 Å². The van der Waals surface area contributed by atoms with Gasteiger partial charge >= 0.3 is 0 Å². The van der Waals surface area contributed by atoms with Crippen LogP contribution in [0.15, 0.2) is 30.3 Å². The Morgan fingerprint density at radius 3 is 2.55 bits per heavy atom. The third kappa shape index (κ3) is 2.78. The number of aromatic amines is 1. The SMILES string of the molecule is Cc1n[nH]c(C)c1CC(C)C(=O)NC1(c2ccccc2)CC1. The van der Waals surface area contributed by atoms with Gasteiger partial charge in [0.15, 0.2) is 0 Å². The maximum atomic E-state index is 12.6. The summed E-state index contributed by atoms with van der Waals surface area (Å²) in [5, 5.41) is 10.5. The molecule has 3 rings (SSSR count). The van der Waals surface area contributed by atoms with E-state index in [2.05, 4.69) is 27.6 Å². The molecular weight excluding hydrogens is 274 g/mol. The van der Waals surface area contributed by atoms with Gasteiger partial charge in [-0.15, -0.1) is 0 Å². The van der Waals surface area contributed by atoms with Crippen LogP contribution in [0.25, 0.3) is 0 Å². The molecule has 22 heavy (non-hydrogen) atoms. The van der Waals surface area contributed by atoms with E-state index in [-0.39, 0.29) is 17.4 Å². The lowest BCUT2D eigenvalue weighted by molar-refractivity contribution is -0.125. The summed E-state index contributed by atoms with van der Waals surface area (Å²) in [6.45, 7) is 5.98. The molecule has 0 saturated heterocycles. The van der Waals surface area contributed by atoms with E-state index >= 15 is 0 Å². The Morgan fingerprint density at radius 2 is 2.00 bits per heavy atom. The summed E-state index contributed by atoms with van der Waals surface area (Å²) < 4.78 is 0. The molecule has 2 aromatic rings. The average molecular weight is 297 g/mol. The van der Waals surface area contributed by atoms with Crippen molar-refractivity contribution in [2.75, 3.05) is 0 Å². The Kier molecular flexibility index (Phi) is 3.77. The molecule has 0 aliphatic heterocycles. The standard InChI is InChI=1S/C18H23N3O/c1-12(11-16-13(2)20-21-14(16)3)17(22)19-18(9-10-18)15-7-5-4-6-8-15/h4-8,12H,9-11H2,1-3H3,(H,19,22)(H,20,21). The zero-order valence-corrected chi connectivity index (χ0v) is 13.4. The normalized spacial score (nSPS) is 17.0. The number of H-pyrrole nitrogens is 1. The van der Waals surface area contributed by atoms with Gasteiger partial charge in [-0.2, -0.15) is 5.10 Å². The van der Waals surface area contributed by atoms with E-state index in [1.807, 2.05) is 39.0 Å². The molecule has 4 heteroatoms. The van der Waals surface area contributed by atoms with Gasteiger partial charge in [-0.3, -0.25) is 9.89 Å². The maximum absolute atomic E-state index is 12.6. The first-order valence-electron chi connectivity index (χ1n) is 7.90. The zero-order chi connectivity index (χ0) is 15.7. The lowest BCUT2D eigenvalue weighted by Crippen LogP contribution is -2.38. The highest BCUT2D eigenvalue weighted by atomic mass is 16.2. The van der Waals surface area contributed by atoms with Crippen molar-refractivity contribution in [1.29, 1.82) is 0 Å². The minimum absolute atomic E-state index is 0.0591. The van der Waals surface area contributed by atoms with Crippen LogP contribution in [0, 0.1) is 19.8 Å². The summed E-state index contributed by atoms with van der Waals surface area (Å²) in [6.07, 6.45) is 2.78. The molecule has 2 N–H and O–H groups in total. The number of hydrogen-bond acceptors (Lipinski definition) is 2. The van der Waals surface area contributed by atoms with Crippen LogP contribution in [0.2, 0.25) is 0 Å². The monoisotopic (exact) mass is 297 g/mol. The van der Waals surface area contributed by atoms with Gasteiger partial charge in [-0.1, -0.05) is 37.3 Å². The lowest BCUT2D eigenvalue weighted by atomic mass is 9.97. The average Bonchev–Trinajstić information content (AvgIpc) is 3.24. The number of hydrogen-bond donors (Lipinski definition) is 2. The minimum Gasteiger partial charge on any atom is -0.346 e. The van der Waals surface area contributed by atoms with Crippen LogP contribution >= 0.6 is 0 Å². The first-order chi connectivity index (χ1) is 10.5. The molecule has 1 aromatic carbocycles. The predicted molar refractivity (Wildman–Crippen MR) is 86.4 cm³/mol. The van der Waals surface area contributed by atoms with Crippen LogP contribution in [-0.4, -0.2) is 16.1 Å². The predicted octanol–water partition coefficient (Wildman–Crippen LogP) is 3.01. The lowest BCUT2D eigenvalue weighted by Gasteiger charge is -2.21. The van der Waals surface area contributed by atoms with Crippen LogP contribution in [0.4, 0.5) is 0 Å². The van der Waals surface area contributed by atoms with Crippen LogP contribution < -0.4 is 5.32 Å². The van der Waals surface area contributed by atoms with Gasteiger partial charge in [0, 0.05) is 11.6 Å². The van der Waals surface area contributed by atoms with E-state index in [9.17, 15) is 4.79 Å². The number of rotatable bonds is 5. The van der Waals surface area contributed by atoms with Gasteiger partial charge in [0.2, 0.25) is 5.91 Å². The molecule has 1 unspecified atom stereocenters. The van der Waals surface area contributed by atoms with E-state index in [0.717, 1.165) is 36.2 Å². The van der Waals surface area contributed by atoms with Crippen LogP contribution in [0.3, 0.4) is 0 Å². The second-order valence-corrected chi connectivity index (χ2v) is 6.46. The second-order valence-electron chi connectivity index (χ2n) is 6.46. The molecule has 1 amide bonds.